The molecule has 0 aromatic heterocycles. The first-order chi connectivity index (χ1) is 17.3. The molecule has 0 bridgehead atoms. The van der Waals surface area contributed by atoms with Gasteiger partial charge in [-0.1, -0.05) is 66.2 Å². The summed E-state index contributed by atoms with van der Waals surface area (Å²) >= 11 is 6.15. The molecule has 0 radical (unpaired) electrons. The minimum atomic E-state index is -0.644. The number of nitro benzene ring substituents is 1. The van der Waals surface area contributed by atoms with E-state index in [4.69, 9.17) is 16.3 Å². The Hall–Kier alpha value is -3.91. The standard InChI is InChI=1S/C27H24ClN3O5/c28-24-16-21(31(34)35)10-11-23(24)25(32)29-14-12-27(13-15-29)18-30(26(33)36-27)17-20-8-4-5-9-22(20)19-6-2-1-3-7-19/h1-11,16H,12-15,17-18H2. The quantitative estimate of drug-likeness (QED) is 0.335. The molecule has 0 aliphatic carbocycles. The maximum absolute atomic E-state index is 13.0. The number of nitro groups is 1. The van der Waals surface area contributed by atoms with E-state index in [2.05, 4.69) is 6.07 Å². The summed E-state index contributed by atoms with van der Waals surface area (Å²) in [4.78, 5) is 39.6. The Morgan fingerprint density at radius 2 is 1.72 bits per heavy atom. The van der Waals surface area contributed by atoms with Crippen LogP contribution in [-0.4, -0.2) is 52.0 Å². The number of non-ortho nitro benzene ring substituents is 1. The fourth-order valence-electron chi connectivity index (χ4n) is 4.92. The fourth-order valence-corrected chi connectivity index (χ4v) is 5.17. The number of carbonyl (C=O) groups excluding carboxylic acids is 2. The van der Waals surface area contributed by atoms with Gasteiger partial charge in [-0.3, -0.25) is 19.8 Å². The Balaban J connectivity index is 1.25. The van der Waals surface area contributed by atoms with Crippen LogP contribution in [0.25, 0.3) is 11.1 Å². The van der Waals surface area contributed by atoms with Crippen LogP contribution in [-0.2, 0) is 11.3 Å². The van der Waals surface area contributed by atoms with E-state index in [-0.39, 0.29) is 28.3 Å². The van der Waals surface area contributed by atoms with Crippen molar-refractivity contribution in [1.82, 2.24) is 9.80 Å². The number of rotatable bonds is 5. The van der Waals surface area contributed by atoms with Gasteiger partial charge in [-0.2, -0.15) is 0 Å². The largest absolute Gasteiger partial charge is 0.441 e. The van der Waals surface area contributed by atoms with Gasteiger partial charge >= 0.3 is 6.09 Å². The lowest BCUT2D eigenvalue weighted by atomic mass is 9.90. The van der Waals surface area contributed by atoms with Crippen molar-refractivity contribution in [3.63, 3.8) is 0 Å². The highest BCUT2D eigenvalue weighted by Crippen LogP contribution is 2.36. The summed E-state index contributed by atoms with van der Waals surface area (Å²) in [5, 5.41) is 11.0. The molecular formula is C27H24ClN3O5. The molecule has 8 nitrogen and oxygen atoms in total. The average molecular weight is 506 g/mol. The Morgan fingerprint density at radius 3 is 2.42 bits per heavy atom. The lowest BCUT2D eigenvalue weighted by Gasteiger charge is -2.37. The van der Waals surface area contributed by atoms with Gasteiger partial charge < -0.3 is 9.64 Å². The third-order valence-electron chi connectivity index (χ3n) is 6.86. The van der Waals surface area contributed by atoms with Crippen molar-refractivity contribution in [2.45, 2.75) is 25.0 Å². The molecule has 2 heterocycles. The third-order valence-corrected chi connectivity index (χ3v) is 7.17. The molecule has 3 aromatic rings. The Morgan fingerprint density at radius 1 is 1.03 bits per heavy atom. The van der Waals surface area contributed by atoms with Crippen molar-refractivity contribution in [3.05, 3.63) is 99.1 Å². The summed E-state index contributed by atoms with van der Waals surface area (Å²) in [7, 11) is 0. The van der Waals surface area contributed by atoms with E-state index in [0.717, 1.165) is 16.7 Å². The molecule has 9 heteroatoms. The predicted octanol–water partition coefficient (Wildman–Crippen LogP) is 5.54. The first-order valence-electron chi connectivity index (χ1n) is 11.7. The molecule has 1 spiro atoms. The molecule has 2 amide bonds. The van der Waals surface area contributed by atoms with Crippen LogP contribution in [0.4, 0.5) is 10.5 Å². The highest BCUT2D eigenvalue weighted by molar-refractivity contribution is 6.34. The molecule has 0 atom stereocenters. The van der Waals surface area contributed by atoms with Crippen LogP contribution in [0, 0.1) is 10.1 Å². The van der Waals surface area contributed by atoms with Gasteiger partial charge in [0.2, 0.25) is 0 Å². The van der Waals surface area contributed by atoms with Crippen LogP contribution in [0.2, 0.25) is 5.02 Å². The van der Waals surface area contributed by atoms with Crippen molar-refractivity contribution < 1.29 is 19.2 Å². The molecule has 2 fully saturated rings. The van der Waals surface area contributed by atoms with E-state index < -0.39 is 10.5 Å². The van der Waals surface area contributed by atoms with Gasteiger partial charge in [0, 0.05) is 44.6 Å². The zero-order chi connectivity index (χ0) is 25.3. The highest BCUT2D eigenvalue weighted by Gasteiger charge is 2.47. The van der Waals surface area contributed by atoms with Crippen molar-refractivity contribution >= 4 is 29.3 Å². The molecule has 184 valence electrons. The zero-order valence-electron chi connectivity index (χ0n) is 19.4. The maximum atomic E-state index is 13.0. The Bertz CT molecular complexity index is 1320. The number of likely N-dealkylation sites (tertiary alicyclic amines) is 1. The lowest BCUT2D eigenvalue weighted by molar-refractivity contribution is -0.384. The Kier molecular flexibility index (Phi) is 6.36. The summed E-state index contributed by atoms with van der Waals surface area (Å²) in [5.41, 5.74) is 2.62. The molecule has 2 aliphatic rings. The second kappa shape index (κ2) is 9.62. The summed E-state index contributed by atoms with van der Waals surface area (Å²) in [6.45, 7) is 1.68. The van der Waals surface area contributed by atoms with Crippen LogP contribution < -0.4 is 0 Å². The van der Waals surface area contributed by atoms with Gasteiger partial charge in [0.05, 0.1) is 22.1 Å². The second-order valence-electron chi connectivity index (χ2n) is 9.14. The number of piperidine rings is 1. The van der Waals surface area contributed by atoms with Crippen molar-refractivity contribution in [3.8, 4) is 11.1 Å². The molecule has 5 rings (SSSR count). The van der Waals surface area contributed by atoms with E-state index in [9.17, 15) is 19.7 Å². The topological polar surface area (TPSA) is 93.0 Å². The minimum Gasteiger partial charge on any atom is -0.441 e. The van der Waals surface area contributed by atoms with Crippen LogP contribution in [0.1, 0.15) is 28.8 Å². The van der Waals surface area contributed by atoms with Crippen LogP contribution >= 0.6 is 11.6 Å². The SMILES string of the molecule is O=C1OC2(CCN(C(=O)c3ccc([N+](=O)[O-])cc3Cl)CC2)CN1Cc1ccccc1-c1ccccc1. The molecule has 2 saturated heterocycles. The minimum absolute atomic E-state index is 0.0463. The van der Waals surface area contributed by atoms with E-state index in [1.54, 1.807) is 9.80 Å². The first-order valence-corrected chi connectivity index (χ1v) is 12.1. The number of amides is 2. The number of nitrogens with zero attached hydrogens (tertiary/aromatic N) is 3. The van der Waals surface area contributed by atoms with Gasteiger partial charge in [0.15, 0.2) is 0 Å². The molecule has 3 aromatic carbocycles. The number of hydrogen-bond donors (Lipinski definition) is 0. The van der Waals surface area contributed by atoms with Gasteiger partial charge in [0.1, 0.15) is 5.60 Å². The molecule has 36 heavy (non-hydrogen) atoms. The third kappa shape index (κ3) is 4.64. The normalized spacial score (nSPS) is 16.8. The van der Waals surface area contributed by atoms with E-state index >= 15 is 0 Å². The van der Waals surface area contributed by atoms with Gasteiger partial charge in [0.25, 0.3) is 11.6 Å². The Labute approximate surface area is 213 Å². The smallest absolute Gasteiger partial charge is 0.410 e. The van der Waals surface area contributed by atoms with E-state index in [0.29, 0.717) is 39.0 Å². The van der Waals surface area contributed by atoms with Crippen molar-refractivity contribution in [2.75, 3.05) is 19.6 Å². The summed E-state index contributed by atoms with van der Waals surface area (Å²) < 4.78 is 5.87. The number of carbonyl (C=O) groups is 2. The molecule has 0 saturated carbocycles. The molecule has 0 unspecified atom stereocenters. The number of halogens is 1. The van der Waals surface area contributed by atoms with Crippen LogP contribution in [0.5, 0.6) is 0 Å². The van der Waals surface area contributed by atoms with Gasteiger partial charge in [-0.15, -0.1) is 0 Å². The first kappa shape index (κ1) is 23.8. The van der Waals surface area contributed by atoms with E-state index in [1.807, 2.05) is 48.5 Å². The number of ether oxygens (including phenoxy) is 1. The van der Waals surface area contributed by atoms with Gasteiger partial charge in [-0.25, -0.2) is 4.79 Å². The van der Waals surface area contributed by atoms with Crippen molar-refractivity contribution in [1.29, 1.82) is 0 Å². The number of hydrogen-bond acceptors (Lipinski definition) is 5. The summed E-state index contributed by atoms with van der Waals surface area (Å²) in [5.74, 6) is -0.289. The molecule has 2 aliphatic heterocycles. The predicted molar refractivity (Wildman–Crippen MR) is 135 cm³/mol. The second-order valence-corrected chi connectivity index (χ2v) is 9.55. The zero-order valence-corrected chi connectivity index (χ0v) is 20.2. The van der Waals surface area contributed by atoms with E-state index in [1.165, 1.54) is 18.2 Å². The average Bonchev–Trinajstić information content (AvgIpc) is 3.18. The fraction of sp³-hybridized carbons (Fsp3) is 0.259. The van der Waals surface area contributed by atoms with Crippen LogP contribution in [0.3, 0.4) is 0 Å². The highest BCUT2D eigenvalue weighted by atomic mass is 35.5. The molecule has 0 N–H and O–H groups in total. The number of benzene rings is 3. The molecular weight excluding hydrogens is 482 g/mol. The summed E-state index contributed by atoms with van der Waals surface area (Å²) in [6.07, 6.45) is 0.661. The lowest BCUT2D eigenvalue weighted by Crippen LogP contribution is -2.48. The maximum Gasteiger partial charge on any atom is 0.410 e. The summed E-state index contributed by atoms with van der Waals surface area (Å²) in [6, 6.07) is 21.9. The van der Waals surface area contributed by atoms with Crippen molar-refractivity contribution in [2.24, 2.45) is 0 Å². The van der Waals surface area contributed by atoms with Gasteiger partial charge in [-0.05, 0) is 22.8 Å². The van der Waals surface area contributed by atoms with Crippen LogP contribution in [0.15, 0.2) is 72.8 Å². The monoisotopic (exact) mass is 505 g/mol.